The van der Waals surface area contributed by atoms with Crippen LogP contribution in [-0.2, 0) is 32.3 Å². The Morgan fingerprint density at radius 1 is 0.743 bits per heavy atom. The first-order chi connectivity index (χ1) is 16.7. The predicted octanol–water partition coefficient (Wildman–Crippen LogP) is 6.45. The summed E-state index contributed by atoms with van der Waals surface area (Å²) in [5.41, 5.74) is 2.94. The van der Waals surface area contributed by atoms with Gasteiger partial charge < -0.3 is 18.9 Å². The van der Waals surface area contributed by atoms with Gasteiger partial charge in [-0.25, -0.2) is 0 Å². The van der Waals surface area contributed by atoms with Gasteiger partial charge in [-0.05, 0) is 65.1 Å². The molecule has 2 aromatic rings. The maximum atomic E-state index is 12.7. The van der Waals surface area contributed by atoms with Gasteiger partial charge >= 0.3 is 11.9 Å². The number of methoxy groups -OCH3 is 2. The van der Waals surface area contributed by atoms with E-state index in [0.29, 0.717) is 5.92 Å². The van der Waals surface area contributed by atoms with Crippen LogP contribution in [0.4, 0.5) is 0 Å². The van der Waals surface area contributed by atoms with Crippen LogP contribution in [0.15, 0.2) is 42.5 Å². The van der Waals surface area contributed by atoms with Crippen molar-refractivity contribution in [3.05, 3.63) is 59.2 Å². The molecule has 0 aromatic heterocycles. The van der Waals surface area contributed by atoms with Crippen LogP contribution in [0.3, 0.4) is 0 Å². The molecule has 2 aromatic carbocycles. The van der Waals surface area contributed by atoms with Crippen LogP contribution in [0.2, 0.25) is 0 Å². The van der Waals surface area contributed by atoms with Gasteiger partial charge in [0.25, 0.3) is 0 Å². The fraction of sp³-hybridized carbons (Fsp3) is 0.517. The quantitative estimate of drug-likeness (QED) is 0.287. The third kappa shape index (κ3) is 10.0. The van der Waals surface area contributed by atoms with Crippen LogP contribution in [0, 0.1) is 11.8 Å². The molecule has 0 aliphatic rings. The molecule has 0 amide bonds. The van der Waals surface area contributed by atoms with Crippen LogP contribution < -0.4 is 9.47 Å². The average Bonchev–Trinajstić information content (AvgIpc) is 2.84. The third-order valence-corrected chi connectivity index (χ3v) is 5.99. The van der Waals surface area contributed by atoms with Gasteiger partial charge in [0.05, 0.1) is 14.2 Å². The fourth-order valence-corrected chi connectivity index (χ4v) is 3.85. The van der Waals surface area contributed by atoms with Gasteiger partial charge in [0, 0.05) is 12.8 Å². The Hall–Kier alpha value is -3.02. The summed E-state index contributed by atoms with van der Waals surface area (Å²) in [6, 6.07) is 13.2. The molecule has 0 saturated heterocycles. The lowest BCUT2D eigenvalue weighted by Gasteiger charge is -2.18. The standard InChI is InChI=1S/C29H40O6/c1-20(2)7-8-23(15-28(30)34-18-22-9-12-25(32-5)13-10-22)16-29(31)35-19-24-11-14-26(33-6)17-27(24)21(3)4/h9-14,17,20-21,23H,7-8,15-16,18-19H2,1-6H3. The molecule has 0 radical (unpaired) electrons. The van der Waals surface area contributed by atoms with E-state index in [1.165, 1.54) is 0 Å². The molecule has 0 bridgehead atoms. The minimum absolute atomic E-state index is 0.117. The van der Waals surface area contributed by atoms with E-state index in [9.17, 15) is 9.59 Å². The molecule has 0 aliphatic heterocycles. The van der Waals surface area contributed by atoms with Gasteiger partial charge in [0.2, 0.25) is 0 Å². The second-order valence-corrected chi connectivity index (χ2v) is 9.63. The third-order valence-electron chi connectivity index (χ3n) is 5.99. The Morgan fingerprint density at radius 3 is 1.86 bits per heavy atom. The van der Waals surface area contributed by atoms with E-state index in [2.05, 4.69) is 27.7 Å². The molecule has 0 N–H and O–H groups in total. The van der Waals surface area contributed by atoms with Gasteiger partial charge in [-0.15, -0.1) is 0 Å². The van der Waals surface area contributed by atoms with Crippen LogP contribution >= 0.6 is 0 Å². The number of rotatable bonds is 14. The summed E-state index contributed by atoms with van der Waals surface area (Å²) >= 11 is 0. The average molecular weight is 485 g/mol. The number of esters is 2. The zero-order valence-electron chi connectivity index (χ0n) is 22.0. The lowest BCUT2D eigenvalue weighted by Crippen LogP contribution is -2.17. The minimum atomic E-state index is -0.306. The number of carbonyl (C=O) groups is 2. The molecule has 6 nitrogen and oxygen atoms in total. The van der Waals surface area contributed by atoms with Crippen molar-refractivity contribution < 1.29 is 28.5 Å². The molecule has 0 heterocycles. The number of ether oxygens (including phenoxy) is 4. The van der Waals surface area contributed by atoms with Crippen LogP contribution in [0.1, 0.15) is 76.0 Å². The Morgan fingerprint density at radius 2 is 1.31 bits per heavy atom. The van der Waals surface area contributed by atoms with Crippen molar-refractivity contribution in [2.75, 3.05) is 14.2 Å². The fourth-order valence-electron chi connectivity index (χ4n) is 3.85. The molecular formula is C29H40O6. The summed E-state index contributed by atoms with van der Waals surface area (Å²) in [6.45, 7) is 8.86. The van der Waals surface area contributed by atoms with E-state index >= 15 is 0 Å². The van der Waals surface area contributed by atoms with Crippen LogP contribution in [0.25, 0.3) is 0 Å². The van der Waals surface area contributed by atoms with Crippen molar-refractivity contribution in [1.29, 1.82) is 0 Å². The molecule has 192 valence electrons. The van der Waals surface area contributed by atoms with Gasteiger partial charge in [-0.3, -0.25) is 9.59 Å². The number of benzene rings is 2. The van der Waals surface area contributed by atoms with E-state index in [4.69, 9.17) is 18.9 Å². The van der Waals surface area contributed by atoms with Crippen LogP contribution in [-0.4, -0.2) is 26.2 Å². The van der Waals surface area contributed by atoms with E-state index in [1.807, 2.05) is 42.5 Å². The second kappa shape index (κ2) is 14.4. The first kappa shape index (κ1) is 28.2. The highest BCUT2D eigenvalue weighted by Crippen LogP contribution is 2.26. The normalized spacial score (nSPS) is 11.9. The van der Waals surface area contributed by atoms with Crippen molar-refractivity contribution in [3.63, 3.8) is 0 Å². The van der Waals surface area contributed by atoms with Crippen molar-refractivity contribution in [2.24, 2.45) is 11.8 Å². The molecule has 1 unspecified atom stereocenters. The maximum absolute atomic E-state index is 12.7. The van der Waals surface area contributed by atoms with Gasteiger partial charge in [0.15, 0.2) is 0 Å². The number of hydrogen-bond acceptors (Lipinski definition) is 6. The van der Waals surface area contributed by atoms with Gasteiger partial charge in [-0.1, -0.05) is 52.3 Å². The van der Waals surface area contributed by atoms with Crippen LogP contribution in [0.5, 0.6) is 11.5 Å². The summed E-state index contributed by atoms with van der Waals surface area (Å²) in [6.07, 6.45) is 2.08. The van der Waals surface area contributed by atoms with Gasteiger partial charge in [0.1, 0.15) is 24.7 Å². The Bertz CT molecular complexity index is 933. The maximum Gasteiger partial charge on any atom is 0.306 e. The van der Waals surface area contributed by atoms with E-state index in [-0.39, 0.29) is 49.8 Å². The monoisotopic (exact) mass is 484 g/mol. The first-order valence-corrected chi connectivity index (χ1v) is 12.3. The summed E-state index contributed by atoms with van der Waals surface area (Å²) in [7, 11) is 3.25. The van der Waals surface area contributed by atoms with Gasteiger partial charge in [-0.2, -0.15) is 0 Å². The smallest absolute Gasteiger partial charge is 0.306 e. The highest BCUT2D eigenvalue weighted by atomic mass is 16.5. The van der Waals surface area contributed by atoms with E-state index in [1.54, 1.807) is 14.2 Å². The topological polar surface area (TPSA) is 71.1 Å². The summed E-state index contributed by atoms with van der Waals surface area (Å²) < 4.78 is 21.6. The van der Waals surface area contributed by atoms with Crippen molar-refractivity contribution in [3.8, 4) is 11.5 Å². The molecule has 6 heteroatoms. The van der Waals surface area contributed by atoms with Crippen molar-refractivity contribution in [2.45, 2.75) is 72.5 Å². The van der Waals surface area contributed by atoms with Crippen molar-refractivity contribution in [1.82, 2.24) is 0 Å². The molecule has 0 fully saturated rings. The number of carbonyl (C=O) groups excluding carboxylic acids is 2. The molecule has 0 aliphatic carbocycles. The second-order valence-electron chi connectivity index (χ2n) is 9.63. The molecule has 0 spiro atoms. The zero-order chi connectivity index (χ0) is 25.8. The predicted molar refractivity (Wildman–Crippen MR) is 136 cm³/mol. The highest BCUT2D eigenvalue weighted by Gasteiger charge is 2.21. The molecule has 1 atom stereocenters. The zero-order valence-corrected chi connectivity index (χ0v) is 22.0. The summed E-state index contributed by atoms with van der Waals surface area (Å²) in [5, 5.41) is 0. The lowest BCUT2D eigenvalue weighted by atomic mass is 9.92. The minimum Gasteiger partial charge on any atom is -0.497 e. The Labute approximate surface area is 209 Å². The first-order valence-electron chi connectivity index (χ1n) is 12.3. The Balaban J connectivity index is 1.92. The SMILES string of the molecule is COc1ccc(COC(=O)CC(CCC(C)C)CC(=O)OCc2ccc(OC)cc2C(C)C)cc1. The molecule has 0 saturated carbocycles. The molecular weight excluding hydrogens is 444 g/mol. The van der Waals surface area contributed by atoms with E-state index in [0.717, 1.165) is 41.0 Å². The Kier molecular flexibility index (Phi) is 11.6. The largest absolute Gasteiger partial charge is 0.497 e. The summed E-state index contributed by atoms with van der Waals surface area (Å²) in [5.74, 6) is 1.57. The summed E-state index contributed by atoms with van der Waals surface area (Å²) in [4.78, 5) is 25.2. The number of hydrogen-bond donors (Lipinski definition) is 0. The highest BCUT2D eigenvalue weighted by molar-refractivity contribution is 5.73. The lowest BCUT2D eigenvalue weighted by molar-refractivity contribution is -0.149. The molecule has 2 rings (SSSR count). The van der Waals surface area contributed by atoms with E-state index < -0.39 is 0 Å². The molecule has 35 heavy (non-hydrogen) atoms. The van der Waals surface area contributed by atoms with Crippen molar-refractivity contribution >= 4 is 11.9 Å².